The molecule has 0 aliphatic heterocycles. The Morgan fingerprint density at radius 3 is 2.45 bits per heavy atom. The fraction of sp³-hybridized carbons (Fsp3) is 0.429. The summed E-state index contributed by atoms with van der Waals surface area (Å²) in [5.41, 5.74) is -0.0313. The van der Waals surface area contributed by atoms with Gasteiger partial charge in [0.05, 0.1) is 17.5 Å². The Kier molecular flexibility index (Phi) is 8.39. The molecule has 29 heavy (non-hydrogen) atoms. The van der Waals surface area contributed by atoms with Crippen molar-refractivity contribution in [1.29, 1.82) is 0 Å². The van der Waals surface area contributed by atoms with Crippen LogP contribution in [0.15, 0.2) is 36.8 Å². The summed E-state index contributed by atoms with van der Waals surface area (Å²) in [5.74, 6) is -2.29. The van der Waals surface area contributed by atoms with Crippen molar-refractivity contribution in [1.82, 2.24) is 9.55 Å². The molecule has 0 aliphatic carbocycles. The Morgan fingerprint density at radius 1 is 1.07 bits per heavy atom. The van der Waals surface area contributed by atoms with Crippen molar-refractivity contribution in [3.8, 4) is 0 Å². The topological polar surface area (TPSA) is 122 Å². The van der Waals surface area contributed by atoms with Gasteiger partial charge in [0.25, 0.3) is 5.91 Å². The summed E-state index contributed by atoms with van der Waals surface area (Å²) >= 11 is 0. The molecule has 1 amide bonds. The third-order valence-corrected chi connectivity index (χ3v) is 4.75. The van der Waals surface area contributed by atoms with Crippen LogP contribution in [0.25, 0.3) is 0 Å². The van der Waals surface area contributed by atoms with Crippen LogP contribution in [0.2, 0.25) is 0 Å². The third kappa shape index (κ3) is 6.74. The van der Waals surface area contributed by atoms with Crippen LogP contribution in [0, 0.1) is 0 Å². The number of rotatable bonds is 12. The number of benzene rings is 1. The van der Waals surface area contributed by atoms with Crippen molar-refractivity contribution < 1.29 is 24.6 Å². The molecule has 2 rings (SSSR count). The second-order valence-electron chi connectivity index (χ2n) is 6.95. The molecule has 156 valence electrons. The maximum atomic E-state index is 12.5. The van der Waals surface area contributed by atoms with Crippen LogP contribution in [-0.4, -0.2) is 37.6 Å². The summed E-state index contributed by atoms with van der Waals surface area (Å²) in [6.07, 6.45) is 8.95. The largest absolute Gasteiger partial charge is 0.481 e. The van der Waals surface area contributed by atoms with Crippen molar-refractivity contribution in [2.45, 2.75) is 57.9 Å². The van der Waals surface area contributed by atoms with Gasteiger partial charge < -0.3 is 20.1 Å². The summed E-state index contributed by atoms with van der Waals surface area (Å²) in [4.78, 5) is 38.9. The molecule has 1 atom stereocenters. The predicted molar refractivity (Wildman–Crippen MR) is 108 cm³/mol. The maximum absolute atomic E-state index is 12.5. The Labute approximate surface area is 169 Å². The number of carbonyl (C=O) groups excluding carboxylic acids is 1. The molecule has 0 saturated carbocycles. The Morgan fingerprint density at radius 2 is 1.79 bits per heavy atom. The van der Waals surface area contributed by atoms with Crippen molar-refractivity contribution in [2.75, 3.05) is 5.32 Å². The molecule has 1 aromatic carbocycles. The van der Waals surface area contributed by atoms with Gasteiger partial charge in [-0.1, -0.05) is 44.7 Å². The van der Waals surface area contributed by atoms with E-state index in [9.17, 15) is 19.5 Å². The number of aromatic carboxylic acids is 1. The molecular formula is C21H27N3O5. The van der Waals surface area contributed by atoms with Gasteiger partial charge >= 0.3 is 11.9 Å². The number of hydrogen-bond acceptors (Lipinski definition) is 4. The molecule has 1 aromatic heterocycles. The molecule has 0 radical (unpaired) electrons. The SMILES string of the molecule is CCCCCCC(CCC(=O)O)n1cnc(NC(=O)c2ccccc2C(=O)O)c1. The number of nitrogens with zero attached hydrogens (tertiary/aromatic N) is 2. The summed E-state index contributed by atoms with van der Waals surface area (Å²) in [5, 5.41) is 20.9. The smallest absolute Gasteiger partial charge is 0.336 e. The number of anilines is 1. The zero-order valence-corrected chi connectivity index (χ0v) is 16.5. The van der Waals surface area contributed by atoms with E-state index in [2.05, 4.69) is 17.2 Å². The average molecular weight is 401 g/mol. The number of carboxylic acids is 2. The van der Waals surface area contributed by atoms with Gasteiger partial charge in [-0.15, -0.1) is 0 Å². The molecular weight excluding hydrogens is 374 g/mol. The standard InChI is InChI=1S/C21H27N3O5/c1-2-3-4-5-8-15(11-12-19(25)26)24-13-18(22-14-24)23-20(27)16-9-6-7-10-17(16)21(28)29/h6-7,9-10,13-15H,2-5,8,11-12H2,1H3,(H,23,27)(H,25,26)(H,28,29). The molecule has 8 nitrogen and oxygen atoms in total. The van der Waals surface area contributed by atoms with Crippen LogP contribution in [0.1, 0.15) is 78.6 Å². The lowest BCUT2D eigenvalue weighted by Crippen LogP contribution is -2.16. The molecule has 0 saturated heterocycles. The minimum atomic E-state index is -1.18. The van der Waals surface area contributed by atoms with Crippen LogP contribution < -0.4 is 5.32 Å². The second kappa shape index (κ2) is 11.0. The highest BCUT2D eigenvalue weighted by Crippen LogP contribution is 2.23. The van der Waals surface area contributed by atoms with Crippen molar-refractivity contribution in [3.63, 3.8) is 0 Å². The molecule has 0 spiro atoms. The van der Waals surface area contributed by atoms with Crippen molar-refractivity contribution >= 4 is 23.7 Å². The minimum absolute atomic E-state index is 0.0209. The molecule has 8 heteroatoms. The lowest BCUT2D eigenvalue weighted by Gasteiger charge is -2.17. The number of nitrogens with one attached hydrogen (secondary N) is 1. The molecule has 1 unspecified atom stereocenters. The molecule has 0 bridgehead atoms. The number of unbranched alkanes of at least 4 members (excludes halogenated alkanes) is 3. The van der Waals surface area contributed by atoms with E-state index < -0.39 is 17.8 Å². The first-order chi connectivity index (χ1) is 13.9. The fourth-order valence-corrected chi connectivity index (χ4v) is 3.19. The first kappa shape index (κ1) is 22.1. The van der Waals surface area contributed by atoms with Gasteiger partial charge in [-0.25, -0.2) is 9.78 Å². The van der Waals surface area contributed by atoms with E-state index >= 15 is 0 Å². The molecule has 0 fully saturated rings. The minimum Gasteiger partial charge on any atom is -0.481 e. The van der Waals surface area contributed by atoms with Gasteiger partial charge in [-0.05, 0) is 25.0 Å². The highest BCUT2D eigenvalue weighted by atomic mass is 16.4. The van der Waals surface area contributed by atoms with Crippen molar-refractivity contribution in [3.05, 3.63) is 47.9 Å². The van der Waals surface area contributed by atoms with E-state index in [1.54, 1.807) is 24.7 Å². The van der Waals surface area contributed by atoms with E-state index in [0.29, 0.717) is 12.2 Å². The monoisotopic (exact) mass is 401 g/mol. The van der Waals surface area contributed by atoms with E-state index in [0.717, 1.165) is 32.1 Å². The zero-order valence-electron chi connectivity index (χ0n) is 16.5. The van der Waals surface area contributed by atoms with Gasteiger partial charge in [0.1, 0.15) is 0 Å². The van der Waals surface area contributed by atoms with Gasteiger partial charge in [0.15, 0.2) is 5.82 Å². The Bertz CT molecular complexity index is 846. The second-order valence-corrected chi connectivity index (χ2v) is 6.95. The van der Waals surface area contributed by atoms with E-state index in [1.165, 1.54) is 12.1 Å². The summed E-state index contributed by atoms with van der Waals surface area (Å²) < 4.78 is 1.83. The van der Waals surface area contributed by atoms with Gasteiger partial charge in [-0.2, -0.15) is 0 Å². The maximum Gasteiger partial charge on any atom is 0.336 e. The first-order valence-corrected chi connectivity index (χ1v) is 9.81. The average Bonchev–Trinajstić information content (AvgIpc) is 3.15. The molecule has 2 aromatic rings. The van der Waals surface area contributed by atoms with E-state index in [-0.39, 0.29) is 23.6 Å². The summed E-state index contributed by atoms with van der Waals surface area (Å²) in [6, 6.07) is 5.94. The van der Waals surface area contributed by atoms with Crippen LogP contribution in [0.3, 0.4) is 0 Å². The fourth-order valence-electron chi connectivity index (χ4n) is 3.19. The van der Waals surface area contributed by atoms with Crippen LogP contribution >= 0.6 is 0 Å². The quantitative estimate of drug-likeness (QED) is 0.458. The molecule has 3 N–H and O–H groups in total. The van der Waals surface area contributed by atoms with Gasteiger partial charge in [-0.3, -0.25) is 9.59 Å². The number of hydrogen-bond donors (Lipinski definition) is 3. The van der Waals surface area contributed by atoms with Gasteiger partial charge in [0, 0.05) is 18.7 Å². The number of aliphatic carboxylic acids is 1. The Hall–Kier alpha value is -3.16. The summed E-state index contributed by atoms with van der Waals surface area (Å²) in [7, 11) is 0. The normalized spacial score (nSPS) is 11.8. The highest BCUT2D eigenvalue weighted by molar-refractivity contribution is 6.10. The zero-order chi connectivity index (χ0) is 21.2. The highest BCUT2D eigenvalue weighted by Gasteiger charge is 2.18. The van der Waals surface area contributed by atoms with Gasteiger partial charge in [0.2, 0.25) is 0 Å². The molecule has 1 heterocycles. The number of imidazole rings is 1. The molecule has 0 aliphatic rings. The van der Waals surface area contributed by atoms with Crippen LogP contribution in [0.4, 0.5) is 5.82 Å². The number of carboxylic acid groups (broad SMARTS) is 2. The first-order valence-electron chi connectivity index (χ1n) is 9.81. The lowest BCUT2D eigenvalue weighted by molar-refractivity contribution is -0.137. The van der Waals surface area contributed by atoms with Crippen LogP contribution in [0.5, 0.6) is 0 Å². The summed E-state index contributed by atoms with van der Waals surface area (Å²) in [6.45, 7) is 2.13. The Balaban J connectivity index is 2.08. The van der Waals surface area contributed by atoms with E-state index in [1.807, 2.05) is 4.57 Å². The number of amides is 1. The third-order valence-electron chi connectivity index (χ3n) is 4.75. The van der Waals surface area contributed by atoms with Crippen molar-refractivity contribution in [2.24, 2.45) is 0 Å². The lowest BCUT2D eigenvalue weighted by atomic mass is 10.0. The van der Waals surface area contributed by atoms with Crippen LogP contribution in [-0.2, 0) is 4.79 Å². The van der Waals surface area contributed by atoms with E-state index in [4.69, 9.17) is 5.11 Å². The number of aromatic nitrogens is 2. The number of carbonyl (C=O) groups is 3. The predicted octanol–water partition coefficient (Wildman–Crippen LogP) is 4.21.